The number of unbranched alkanes of at least 4 members (excludes halogenated alkanes) is 13. The third-order valence-corrected chi connectivity index (χ3v) is 4.70. The number of hydrogen-bond donors (Lipinski definition) is 0. The van der Waals surface area contributed by atoms with E-state index >= 15 is 0 Å². The average molecular weight is 283 g/mol. The van der Waals surface area contributed by atoms with E-state index < -0.39 is 0 Å². The molecule has 0 amide bonds. The molecule has 0 aromatic carbocycles. The minimum atomic E-state index is 0.289. The first-order chi connectivity index (χ1) is 9.77. The summed E-state index contributed by atoms with van der Waals surface area (Å²) in [4.78, 5) is 0. The van der Waals surface area contributed by atoms with E-state index in [1.807, 2.05) is 0 Å². The molecule has 1 rings (SSSR count). The molecule has 120 valence electrons. The average Bonchev–Trinajstić information content (AvgIpc) is 3.17. The zero-order chi connectivity index (χ0) is 14.5. The summed E-state index contributed by atoms with van der Waals surface area (Å²) in [6.45, 7) is 5.54. The first kappa shape index (κ1) is 18.0. The fourth-order valence-corrected chi connectivity index (χ4v) is 2.96. The molecule has 1 aliphatic heterocycles. The van der Waals surface area contributed by atoms with E-state index in [-0.39, 0.29) is 5.60 Å². The van der Waals surface area contributed by atoms with Gasteiger partial charge in [0.2, 0.25) is 0 Å². The second-order valence-corrected chi connectivity index (χ2v) is 7.08. The zero-order valence-electron chi connectivity index (χ0n) is 14.2. The lowest BCUT2D eigenvalue weighted by molar-refractivity contribution is 0.301. The number of epoxide rings is 1. The van der Waals surface area contributed by atoms with Crippen LogP contribution in [0.4, 0.5) is 0 Å². The van der Waals surface area contributed by atoms with E-state index in [1.165, 1.54) is 96.3 Å². The predicted molar refractivity (Wildman–Crippen MR) is 89.3 cm³/mol. The molecule has 0 bridgehead atoms. The Hall–Kier alpha value is -0.0400. The molecule has 1 heterocycles. The van der Waals surface area contributed by atoms with Crippen molar-refractivity contribution in [3.05, 3.63) is 0 Å². The van der Waals surface area contributed by atoms with Crippen LogP contribution in [0, 0.1) is 0 Å². The molecule has 1 saturated heterocycles. The van der Waals surface area contributed by atoms with Gasteiger partial charge in [-0.2, -0.15) is 0 Å². The van der Waals surface area contributed by atoms with Crippen LogP contribution in [0.3, 0.4) is 0 Å². The van der Waals surface area contributed by atoms with Crippen LogP contribution in [0.2, 0.25) is 0 Å². The molecule has 0 radical (unpaired) electrons. The molecular formula is C19H38O. The second kappa shape index (κ2) is 11.6. The number of rotatable bonds is 15. The molecule has 0 saturated carbocycles. The van der Waals surface area contributed by atoms with Crippen LogP contribution in [0.25, 0.3) is 0 Å². The van der Waals surface area contributed by atoms with Gasteiger partial charge >= 0.3 is 0 Å². The third-order valence-electron chi connectivity index (χ3n) is 4.70. The fraction of sp³-hybridized carbons (Fsp3) is 1.00. The largest absolute Gasteiger partial charge is 0.370 e. The topological polar surface area (TPSA) is 12.5 Å². The SMILES string of the molecule is CCCCCCCCCCCCCCCCC1(C)CO1. The summed E-state index contributed by atoms with van der Waals surface area (Å²) >= 11 is 0. The second-order valence-electron chi connectivity index (χ2n) is 7.08. The standard InChI is InChI=1S/C19H38O/c1-3-4-5-6-7-8-9-10-11-12-13-14-15-16-17-19(2)18-20-19/h3-18H2,1-2H3. The maximum Gasteiger partial charge on any atom is 0.0888 e. The van der Waals surface area contributed by atoms with Gasteiger partial charge < -0.3 is 4.74 Å². The summed E-state index contributed by atoms with van der Waals surface area (Å²) in [5.41, 5.74) is 0.289. The molecule has 0 N–H and O–H groups in total. The van der Waals surface area contributed by atoms with Crippen molar-refractivity contribution < 1.29 is 4.74 Å². The Morgan fingerprint density at radius 1 is 0.650 bits per heavy atom. The normalized spacial score (nSPS) is 21.3. The van der Waals surface area contributed by atoms with Gasteiger partial charge in [-0.1, -0.05) is 96.8 Å². The predicted octanol–water partition coefficient (Wildman–Crippen LogP) is 6.65. The molecule has 1 nitrogen and oxygen atoms in total. The van der Waals surface area contributed by atoms with E-state index in [9.17, 15) is 0 Å². The Kier molecular flexibility index (Phi) is 10.4. The van der Waals surface area contributed by atoms with Gasteiger partial charge in [-0.15, -0.1) is 0 Å². The molecule has 0 aromatic rings. The Morgan fingerprint density at radius 2 is 1.00 bits per heavy atom. The quantitative estimate of drug-likeness (QED) is 0.242. The summed E-state index contributed by atoms with van der Waals surface area (Å²) in [5.74, 6) is 0. The van der Waals surface area contributed by atoms with Crippen LogP contribution >= 0.6 is 0 Å². The molecule has 1 unspecified atom stereocenters. The van der Waals surface area contributed by atoms with Gasteiger partial charge in [-0.05, 0) is 13.3 Å². The highest BCUT2D eigenvalue weighted by Crippen LogP contribution is 2.31. The Balaban J connectivity index is 1.64. The molecule has 0 aromatic heterocycles. The van der Waals surface area contributed by atoms with E-state index in [2.05, 4.69) is 13.8 Å². The zero-order valence-corrected chi connectivity index (χ0v) is 14.2. The van der Waals surface area contributed by atoms with Crippen molar-refractivity contribution in [2.24, 2.45) is 0 Å². The van der Waals surface area contributed by atoms with Gasteiger partial charge in [0.15, 0.2) is 0 Å². The minimum absolute atomic E-state index is 0.289. The van der Waals surface area contributed by atoms with E-state index in [4.69, 9.17) is 4.74 Å². The molecule has 1 fully saturated rings. The van der Waals surface area contributed by atoms with Crippen molar-refractivity contribution in [1.82, 2.24) is 0 Å². The molecule has 1 heteroatoms. The third kappa shape index (κ3) is 10.7. The summed E-state index contributed by atoms with van der Waals surface area (Å²) in [6, 6.07) is 0. The first-order valence-electron chi connectivity index (χ1n) is 9.41. The van der Waals surface area contributed by atoms with Crippen LogP contribution in [0.5, 0.6) is 0 Å². The maximum absolute atomic E-state index is 5.41. The summed E-state index contributed by atoms with van der Waals surface area (Å²) in [6.07, 6.45) is 21.5. The Bertz CT molecular complexity index is 208. The van der Waals surface area contributed by atoms with E-state index in [0.29, 0.717) is 0 Å². The van der Waals surface area contributed by atoms with Crippen molar-refractivity contribution in [3.63, 3.8) is 0 Å². The van der Waals surface area contributed by atoms with Crippen LogP contribution in [0.1, 0.15) is 110 Å². The first-order valence-corrected chi connectivity index (χ1v) is 9.41. The highest BCUT2D eigenvalue weighted by Gasteiger charge is 2.37. The lowest BCUT2D eigenvalue weighted by Gasteiger charge is -2.05. The number of ether oxygens (including phenoxy) is 1. The molecule has 0 aliphatic carbocycles. The molecule has 0 spiro atoms. The molecule has 1 atom stereocenters. The van der Waals surface area contributed by atoms with Gasteiger partial charge in [0, 0.05) is 0 Å². The van der Waals surface area contributed by atoms with Crippen LogP contribution in [0.15, 0.2) is 0 Å². The monoisotopic (exact) mass is 282 g/mol. The highest BCUT2D eigenvalue weighted by molar-refractivity contribution is 4.86. The van der Waals surface area contributed by atoms with Gasteiger partial charge in [0.1, 0.15) is 0 Å². The van der Waals surface area contributed by atoms with Crippen molar-refractivity contribution >= 4 is 0 Å². The smallest absolute Gasteiger partial charge is 0.0888 e. The molecule has 20 heavy (non-hydrogen) atoms. The summed E-state index contributed by atoms with van der Waals surface area (Å²) in [5, 5.41) is 0. The number of hydrogen-bond acceptors (Lipinski definition) is 1. The van der Waals surface area contributed by atoms with Gasteiger partial charge in [-0.25, -0.2) is 0 Å². The lowest BCUT2D eigenvalue weighted by Crippen LogP contribution is -2.02. The van der Waals surface area contributed by atoms with Crippen LogP contribution in [-0.4, -0.2) is 12.2 Å². The minimum Gasteiger partial charge on any atom is -0.370 e. The van der Waals surface area contributed by atoms with E-state index in [1.54, 1.807) is 0 Å². The Labute approximate surface area is 127 Å². The van der Waals surface area contributed by atoms with Crippen molar-refractivity contribution in [2.45, 2.75) is 116 Å². The fourth-order valence-electron chi connectivity index (χ4n) is 2.96. The van der Waals surface area contributed by atoms with Gasteiger partial charge in [-0.3, -0.25) is 0 Å². The lowest BCUT2D eigenvalue weighted by atomic mass is 10.0. The molecule has 1 aliphatic rings. The van der Waals surface area contributed by atoms with Crippen molar-refractivity contribution in [1.29, 1.82) is 0 Å². The van der Waals surface area contributed by atoms with E-state index in [0.717, 1.165) is 6.61 Å². The summed E-state index contributed by atoms with van der Waals surface area (Å²) < 4.78 is 5.41. The Morgan fingerprint density at radius 3 is 1.35 bits per heavy atom. The van der Waals surface area contributed by atoms with Gasteiger partial charge in [0.05, 0.1) is 12.2 Å². The van der Waals surface area contributed by atoms with Crippen molar-refractivity contribution in [2.75, 3.05) is 6.61 Å². The maximum atomic E-state index is 5.41. The summed E-state index contributed by atoms with van der Waals surface area (Å²) in [7, 11) is 0. The van der Waals surface area contributed by atoms with Gasteiger partial charge in [0.25, 0.3) is 0 Å². The van der Waals surface area contributed by atoms with Crippen LogP contribution < -0.4 is 0 Å². The molecular weight excluding hydrogens is 244 g/mol. The van der Waals surface area contributed by atoms with Crippen molar-refractivity contribution in [3.8, 4) is 0 Å². The highest BCUT2D eigenvalue weighted by atomic mass is 16.6. The van der Waals surface area contributed by atoms with Crippen LogP contribution in [-0.2, 0) is 4.74 Å².